The van der Waals surface area contributed by atoms with E-state index in [2.05, 4.69) is 0 Å². The molecule has 1 aromatic rings. The van der Waals surface area contributed by atoms with Crippen molar-refractivity contribution >= 4 is 12.4 Å². The first-order valence-electron chi connectivity index (χ1n) is 6.09. The summed E-state index contributed by atoms with van der Waals surface area (Å²) in [4.78, 5) is 0. The van der Waals surface area contributed by atoms with Gasteiger partial charge in [-0.1, -0.05) is 24.4 Å². The van der Waals surface area contributed by atoms with Gasteiger partial charge >= 0.3 is 58.4 Å². The Morgan fingerprint density at radius 1 is 1.16 bits per heavy atom. The Kier molecular flexibility index (Phi) is 6.86. The molecule has 1 nitrogen and oxygen atoms in total. The van der Waals surface area contributed by atoms with E-state index in [4.69, 9.17) is 4.74 Å². The predicted octanol–water partition coefficient (Wildman–Crippen LogP) is 0.453. The van der Waals surface area contributed by atoms with Gasteiger partial charge in [0.25, 0.3) is 0 Å². The summed E-state index contributed by atoms with van der Waals surface area (Å²) in [7, 11) is 0. The molecule has 1 aromatic carbocycles. The monoisotopic (exact) mass is 300 g/mol. The number of benzene rings is 1. The van der Waals surface area contributed by atoms with Crippen molar-refractivity contribution in [1.29, 1.82) is 0 Å². The molecule has 0 radical (unpaired) electrons. The van der Waals surface area contributed by atoms with E-state index in [1.807, 2.05) is 0 Å². The largest absolute Gasteiger partial charge is 1.00 e. The maximum absolute atomic E-state index is 13.0. The van der Waals surface area contributed by atoms with Crippen LogP contribution in [0.2, 0.25) is 0 Å². The fourth-order valence-electron chi connectivity index (χ4n) is 2.29. The van der Waals surface area contributed by atoms with Crippen LogP contribution in [0, 0.1) is 11.7 Å². The van der Waals surface area contributed by atoms with Crippen molar-refractivity contribution < 1.29 is 73.5 Å². The van der Waals surface area contributed by atoms with Gasteiger partial charge in [0, 0.05) is 6.07 Å². The SMILES string of the molecule is Fc1ccc([B-](F)(F)F)c(OCC2CCCC2)c1.[K+]. The van der Waals surface area contributed by atoms with Gasteiger partial charge in [-0.15, -0.1) is 0 Å². The minimum Gasteiger partial charge on any atom is -0.496 e. The minimum atomic E-state index is -5.17. The first kappa shape index (κ1) is 17.5. The molecule has 0 saturated heterocycles. The van der Waals surface area contributed by atoms with Crippen molar-refractivity contribution in [1.82, 2.24) is 0 Å². The number of ether oxygens (including phenoxy) is 1. The van der Waals surface area contributed by atoms with Crippen molar-refractivity contribution in [3.63, 3.8) is 0 Å². The molecule has 0 amide bonds. The molecule has 7 heteroatoms. The van der Waals surface area contributed by atoms with Gasteiger partial charge in [0.1, 0.15) is 5.82 Å². The fourth-order valence-corrected chi connectivity index (χ4v) is 2.29. The van der Waals surface area contributed by atoms with Crippen LogP contribution in [0.1, 0.15) is 25.7 Å². The van der Waals surface area contributed by atoms with Crippen LogP contribution >= 0.6 is 0 Å². The molecule has 1 aliphatic carbocycles. The van der Waals surface area contributed by atoms with Crippen LogP contribution in [0.25, 0.3) is 0 Å². The Morgan fingerprint density at radius 3 is 2.37 bits per heavy atom. The molecule has 1 saturated carbocycles. The summed E-state index contributed by atoms with van der Waals surface area (Å²) in [6.07, 6.45) is 4.13. The Balaban J connectivity index is 0.00000180. The first-order chi connectivity index (χ1) is 8.47. The summed E-state index contributed by atoms with van der Waals surface area (Å²) in [5, 5.41) is 0. The number of hydrogen-bond acceptors (Lipinski definition) is 1. The summed E-state index contributed by atoms with van der Waals surface area (Å²) in [6.45, 7) is -4.93. The smallest absolute Gasteiger partial charge is 0.496 e. The first-order valence-corrected chi connectivity index (χ1v) is 6.09. The normalized spacial score (nSPS) is 16.2. The third kappa shape index (κ3) is 5.04. The minimum absolute atomic E-state index is 0. The molecule has 0 spiro atoms. The molecular formula is C12H14BF4KO. The van der Waals surface area contributed by atoms with Crippen LogP contribution in [0.5, 0.6) is 5.75 Å². The van der Waals surface area contributed by atoms with Crippen LogP contribution in [-0.4, -0.2) is 13.6 Å². The van der Waals surface area contributed by atoms with Gasteiger partial charge in [-0.3, -0.25) is 0 Å². The van der Waals surface area contributed by atoms with Gasteiger partial charge in [0.15, 0.2) is 0 Å². The summed E-state index contributed by atoms with van der Waals surface area (Å²) < 4.78 is 56.4. The standard InChI is InChI=1S/C12H14BF4O.K/c14-10-5-6-11(13(15,16)17)12(7-10)18-8-9-3-1-2-4-9;/h5-7,9H,1-4,8H2;/q-1;+1. The van der Waals surface area contributed by atoms with Crippen LogP contribution in [0.4, 0.5) is 17.3 Å². The van der Waals surface area contributed by atoms with Crippen LogP contribution in [0.3, 0.4) is 0 Å². The van der Waals surface area contributed by atoms with Crippen molar-refractivity contribution in [3.8, 4) is 5.75 Å². The average molecular weight is 300 g/mol. The topological polar surface area (TPSA) is 9.23 Å². The molecule has 0 aromatic heterocycles. The Morgan fingerprint density at radius 2 is 1.79 bits per heavy atom. The third-order valence-electron chi connectivity index (χ3n) is 3.28. The summed E-state index contributed by atoms with van der Waals surface area (Å²) in [5.74, 6) is -0.795. The van der Waals surface area contributed by atoms with Crippen molar-refractivity contribution in [2.45, 2.75) is 25.7 Å². The van der Waals surface area contributed by atoms with Crippen LogP contribution in [0.15, 0.2) is 18.2 Å². The van der Waals surface area contributed by atoms with Crippen molar-refractivity contribution in [2.75, 3.05) is 6.61 Å². The summed E-state index contributed by atoms with van der Waals surface area (Å²) >= 11 is 0. The molecule has 0 N–H and O–H groups in total. The van der Waals surface area contributed by atoms with E-state index in [0.717, 1.165) is 43.9 Å². The Labute approximate surface area is 152 Å². The fraction of sp³-hybridized carbons (Fsp3) is 0.500. The molecule has 0 bridgehead atoms. The summed E-state index contributed by atoms with van der Waals surface area (Å²) in [5.41, 5.74) is -0.852. The second kappa shape index (κ2) is 7.45. The molecule has 0 aliphatic heterocycles. The van der Waals surface area contributed by atoms with E-state index >= 15 is 0 Å². The second-order valence-electron chi connectivity index (χ2n) is 4.72. The van der Waals surface area contributed by atoms with Gasteiger partial charge in [-0.05, 0) is 24.8 Å². The van der Waals surface area contributed by atoms with E-state index < -0.39 is 18.3 Å². The van der Waals surface area contributed by atoms with Crippen molar-refractivity contribution in [3.05, 3.63) is 24.0 Å². The zero-order valence-corrected chi connectivity index (χ0v) is 14.0. The number of halogens is 4. The van der Waals surface area contributed by atoms with E-state index in [1.54, 1.807) is 0 Å². The van der Waals surface area contributed by atoms with Gasteiger partial charge in [-0.2, -0.15) is 0 Å². The average Bonchev–Trinajstić information content (AvgIpc) is 2.77. The molecule has 100 valence electrons. The molecular weight excluding hydrogens is 286 g/mol. The van der Waals surface area contributed by atoms with Gasteiger partial charge in [0.2, 0.25) is 0 Å². The number of rotatable bonds is 4. The molecule has 0 atom stereocenters. The second-order valence-corrected chi connectivity index (χ2v) is 4.72. The van der Waals surface area contributed by atoms with E-state index in [1.165, 1.54) is 0 Å². The molecule has 1 fully saturated rings. The summed E-state index contributed by atoms with van der Waals surface area (Å²) in [6, 6.07) is 2.38. The van der Waals surface area contributed by atoms with Gasteiger partial charge in [-0.25, -0.2) is 4.39 Å². The van der Waals surface area contributed by atoms with E-state index in [-0.39, 0.29) is 63.7 Å². The quantitative estimate of drug-likeness (QED) is 0.580. The number of hydrogen-bond donors (Lipinski definition) is 0. The van der Waals surface area contributed by atoms with E-state index in [0.29, 0.717) is 5.92 Å². The Hall–Kier alpha value is 0.441. The molecule has 19 heavy (non-hydrogen) atoms. The predicted molar refractivity (Wildman–Crippen MR) is 62.6 cm³/mol. The van der Waals surface area contributed by atoms with Gasteiger partial charge in [0.05, 0.1) is 12.4 Å². The maximum atomic E-state index is 13.0. The molecule has 1 aliphatic rings. The zero-order valence-electron chi connectivity index (χ0n) is 10.8. The van der Waals surface area contributed by atoms with E-state index in [9.17, 15) is 17.3 Å². The van der Waals surface area contributed by atoms with Crippen LogP contribution < -0.4 is 61.6 Å². The third-order valence-corrected chi connectivity index (χ3v) is 3.28. The molecule has 0 unspecified atom stereocenters. The zero-order chi connectivity index (χ0) is 13.2. The maximum Gasteiger partial charge on any atom is 1.00 e. The van der Waals surface area contributed by atoms with Crippen LogP contribution in [-0.2, 0) is 0 Å². The molecule has 0 heterocycles. The van der Waals surface area contributed by atoms with Gasteiger partial charge < -0.3 is 17.7 Å². The van der Waals surface area contributed by atoms with Crippen molar-refractivity contribution in [2.24, 2.45) is 5.92 Å². The Bertz CT molecular complexity index is 419. The molecule has 2 rings (SSSR count).